The molecule has 0 atom stereocenters. The number of halogens is 1. The first-order chi connectivity index (χ1) is 12.4. The first kappa shape index (κ1) is 19.6. The van der Waals surface area contributed by atoms with E-state index in [0.29, 0.717) is 23.9 Å². The van der Waals surface area contributed by atoms with E-state index in [1.807, 2.05) is 19.1 Å². The fourth-order valence-corrected chi connectivity index (χ4v) is 2.51. The Labute approximate surface area is 157 Å². The van der Waals surface area contributed by atoms with Gasteiger partial charge in [-0.05, 0) is 48.9 Å². The summed E-state index contributed by atoms with van der Waals surface area (Å²) < 4.78 is 15.5. The monoisotopic (exact) mass is 377 g/mol. The number of methoxy groups -OCH3 is 1. The molecule has 0 spiro atoms. The van der Waals surface area contributed by atoms with Crippen LogP contribution in [-0.4, -0.2) is 32.2 Å². The van der Waals surface area contributed by atoms with Gasteiger partial charge in [0.1, 0.15) is 23.7 Å². The maximum atomic E-state index is 11.9. The highest BCUT2D eigenvalue weighted by Crippen LogP contribution is 2.24. The van der Waals surface area contributed by atoms with Crippen LogP contribution in [-0.2, 0) is 9.53 Å². The van der Waals surface area contributed by atoms with E-state index in [-0.39, 0.29) is 11.3 Å². The van der Waals surface area contributed by atoms with Crippen LogP contribution >= 0.6 is 11.6 Å². The second-order valence-electron chi connectivity index (χ2n) is 5.48. The molecule has 0 fully saturated rings. The zero-order chi connectivity index (χ0) is 19.1. The van der Waals surface area contributed by atoms with E-state index in [4.69, 9.17) is 25.8 Å². The van der Waals surface area contributed by atoms with Gasteiger partial charge in [0.15, 0.2) is 0 Å². The molecule has 0 unspecified atom stereocenters. The van der Waals surface area contributed by atoms with Crippen molar-refractivity contribution in [2.75, 3.05) is 25.6 Å². The normalized spacial score (nSPS) is 10.2. The number of esters is 2. The van der Waals surface area contributed by atoms with E-state index in [2.05, 4.69) is 5.32 Å². The number of nitrogens with one attached hydrogen (secondary N) is 1. The molecule has 0 bridgehead atoms. The Morgan fingerprint density at radius 2 is 1.85 bits per heavy atom. The molecule has 0 aliphatic rings. The molecule has 0 aromatic heterocycles. The molecule has 7 heteroatoms. The molecule has 0 aliphatic carbocycles. The molecular weight excluding hydrogens is 358 g/mol. The van der Waals surface area contributed by atoms with Gasteiger partial charge in [0.2, 0.25) is 0 Å². The minimum Gasteiger partial charge on any atom is -0.491 e. The minimum atomic E-state index is -0.585. The molecule has 0 saturated carbocycles. The topological polar surface area (TPSA) is 73.9 Å². The molecule has 0 saturated heterocycles. The Hall–Kier alpha value is -2.73. The van der Waals surface area contributed by atoms with Crippen LogP contribution in [0.3, 0.4) is 0 Å². The maximum absolute atomic E-state index is 11.9. The third kappa shape index (κ3) is 5.39. The highest BCUT2D eigenvalue weighted by atomic mass is 35.5. The van der Waals surface area contributed by atoms with E-state index < -0.39 is 11.9 Å². The van der Waals surface area contributed by atoms with Crippen molar-refractivity contribution in [3.05, 3.63) is 52.5 Å². The summed E-state index contributed by atoms with van der Waals surface area (Å²) in [4.78, 5) is 23.0. The van der Waals surface area contributed by atoms with Gasteiger partial charge in [-0.15, -0.1) is 0 Å². The quantitative estimate of drug-likeness (QED) is 0.449. The van der Waals surface area contributed by atoms with Crippen molar-refractivity contribution in [3.8, 4) is 11.5 Å². The van der Waals surface area contributed by atoms with Gasteiger partial charge in [-0.1, -0.05) is 11.6 Å². The SMILES string of the molecule is COC(=O)c1cc(NCCOc2ccc(Cl)cc2C)ccc1OC(C)=O. The molecule has 2 rings (SSSR count). The van der Waals surface area contributed by atoms with E-state index in [9.17, 15) is 9.59 Å². The Morgan fingerprint density at radius 3 is 2.50 bits per heavy atom. The van der Waals surface area contributed by atoms with Crippen LogP contribution in [0.5, 0.6) is 11.5 Å². The van der Waals surface area contributed by atoms with Crippen molar-refractivity contribution in [2.45, 2.75) is 13.8 Å². The lowest BCUT2D eigenvalue weighted by molar-refractivity contribution is -0.131. The summed E-state index contributed by atoms with van der Waals surface area (Å²) in [7, 11) is 1.27. The number of aryl methyl sites for hydroxylation is 1. The predicted octanol–water partition coefficient (Wildman–Crippen LogP) is 3.85. The van der Waals surface area contributed by atoms with Gasteiger partial charge in [-0.25, -0.2) is 4.79 Å². The van der Waals surface area contributed by atoms with Crippen LogP contribution < -0.4 is 14.8 Å². The first-order valence-corrected chi connectivity index (χ1v) is 8.32. The minimum absolute atomic E-state index is 0.155. The largest absolute Gasteiger partial charge is 0.491 e. The lowest BCUT2D eigenvalue weighted by atomic mass is 10.1. The van der Waals surface area contributed by atoms with Gasteiger partial charge in [0.05, 0.1) is 7.11 Å². The third-order valence-electron chi connectivity index (χ3n) is 3.46. The summed E-state index contributed by atoms with van der Waals surface area (Å²) in [5, 5.41) is 3.81. The molecule has 2 aromatic rings. The fraction of sp³-hybridized carbons (Fsp3) is 0.263. The number of rotatable bonds is 7. The standard InChI is InChI=1S/C19H20ClNO5/c1-12-10-14(20)4-6-17(12)25-9-8-21-15-5-7-18(26-13(2)22)16(11-15)19(23)24-3/h4-7,10-11,21H,8-9H2,1-3H3. The Bertz CT molecular complexity index is 807. The number of carbonyl (C=O) groups is 2. The van der Waals surface area contributed by atoms with Gasteiger partial charge < -0.3 is 19.5 Å². The number of hydrogen-bond donors (Lipinski definition) is 1. The summed E-state index contributed by atoms with van der Waals surface area (Å²) in [6, 6.07) is 10.2. The van der Waals surface area contributed by atoms with Crippen molar-refractivity contribution in [1.29, 1.82) is 0 Å². The summed E-state index contributed by atoms with van der Waals surface area (Å²) in [5.41, 5.74) is 1.80. The lowest BCUT2D eigenvalue weighted by Crippen LogP contribution is -2.13. The van der Waals surface area contributed by atoms with E-state index in [1.165, 1.54) is 14.0 Å². The first-order valence-electron chi connectivity index (χ1n) is 7.94. The zero-order valence-electron chi connectivity index (χ0n) is 14.8. The molecule has 1 N–H and O–H groups in total. The van der Waals surface area contributed by atoms with Crippen LogP contribution in [0.15, 0.2) is 36.4 Å². The number of benzene rings is 2. The molecule has 26 heavy (non-hydrogen) atoms. The van der Waals surface area contributed by atoms with Crippen molar-refractivity contribution < 1.29 is 23.8 Å². The fourth-order valence-electron chi connectivity index (χ4n) is 2.28. The van der Waals surface area contributed by atoms with Crippen molar-refractivity contribution >= 4 is 29.2 Å². The molecule has 2 aromatic carbocycles. The highest BCUT2D eigenvalue weighted by molar-refractivity contribution is 6.30. The van der Waals surface area contributed by atoms with Crippen molar-refractivity contribution in [2.24, 2.45) is 0 Å². The zero-order valence-corrected chi connectivity index (χ0v) is 15.6. The summed E-state index contributed by atoms with van der Waals surface area (Å²) >= 11 is 5.92. The summed E-state index contributed by atoms with van der Waals surface area (Å²) in [6.07, 6.45) is 0. The van der Waals surface area contributed by atoms with Gasteiger partial charge in [-0.2, -0.15) is 0 Å². The Kier molecular flexibility index (Phi) is 6.86. The molecule has 0 radical (unpaired) electrons. The van der Waals surface area contributed by atoms with E-state index in [0.717, 1.165) is 11.3 Å². The van der Waals surface area contributed by atoms with Crippen LogP contribution in [0.2, 0.25) is 5.02 Å². The molecular formula is C19H20ClNO5. The maximum Gasteiger partial charge on any atom is 0.341 e. The van der Waals surface area contributed by atoms with Gasteiger partial charge >= 0.3 is 11.9 Å². The van der Waals surface area contributed by atoms with Gasteiger partial charge in [-0.3, -0.25) is 4.79 Å². The second kappa shape index (κ2) is 9.10. The van der Waals surface area contributed by atoms with Crippen LogP contribution in [0, 0.1) is 6.92 Å². The van der Waals surface area contributed by atoms with Crippen LogP contribution in [0.25, 0.3) is 0 Å². The number of hydrogen-bond acceptors (Lipinski definition) is 6. The molecule has 0 heterocycles. The molecule has 6 nitrogen and oxygen atoms in total. The average molecular weight is 378 g/mol. The molecule has 0 amide bonds. The van der Waals surface area contributed by atoms with E-state index in [1.54, 1.807) is 24.3 Å². The van der Waals surface area contributed by atoms with Crippen LogP contribution in [0.4, 0.5) is 5.69 Å². The number of carbonyl (C=O) groups excluding carboxylic acids is 2. The highest BCUT2D eigenvalue weighted by Gasteiger charge is 2.15. The average Bonchev–Trinajstić information content (AvgIpc) is 2.60. The third-order valence-corrected chi connectivity index (χ3v) is 3.70. The molecule has 138 valence electrons. The van der Waals surface area contributed by atoms with Gasteiger partial charge in [0, 0.05) is 24.2 Å². The summed E-state index contributed by atoms with van der Waals surface area (Å²) in [6.45, 7) is 4.12. The second-order valence-corrected chi connectivity index (χ2v) is 5.92. The molecule has 0 aliphatic heterocycles. The Balaban J connectivity index is 1.98. The smallest absolute Gasteiger partial charge is 0.341 e. The van der Waals surface area contributed by atoms with Crippen molar-refractivity contribution in [1.82, 2.24) is 0 Å². The lowest BCUT2D eigenvalue weighted by Gasteiger charge is -2.13. The summed E-state index contributed by atoms with van der Waals surface area (Å²) in [5.74, 6) is -0.180. The number of ether oxygens (including phenoxy) is 3. The van der Waals surface area contributed by atoms with Crippen LogP contribution in [0.1, 0.15) is 22.8 Å². The Morgan fingerprint density at radius 1 is 1.12 bits per heavy atom. The predicted molar refractivity (Wildman–Crippen MR) is 99.3 cm³/mol. The van der Waals surface area contributed by atoms with E-state index >= 15 is 0 Å². The van der Waals surface area contributed by atoms with Gasteiger partial charge in [0.25, 0.3) is 0 Å². The van der Waals surface area contributed by atoms with Crippen molar-refractivity contribution in [3.63, 3.8) is 0 Å². The number of anilines is 1.